The Morgan fingerprint density at radius 2 is 1.84 bits per heavy atom. The number of rotatable bonds is 6. The molecule has 5 nitrogen and oxygen atoms in total. The number of para-hydroxylation sites is 1. The largest absolute Gasteiger partial charge is 0.496 e. The summed E-state index contributed by atoms with van der Waals surface area (Å²) in [5.41, 5.74) is 2.18. The Kier molecular flexibility index (Phi) is 6.19. The fourth-order valence-electron chi connectivity index (χ4n) is 4.20. The van der Waals surface area contributed by atoms with E-state index in [1.807, 2.05) is 73.7 Å². The molecule has 6 heteroatoms. The third kappa shape index (κ3) is 4.21. The van der Waals surface area contributed by atoms with Crippen molar-refractivity contribution in [3.63, 3.8) is 0 Å². The highest BCUT2D eigenvalue weighted by atomic mass is 35.5. The standard InChI is InChI=1S/C26H25ClN2O3/c1-26(25(31)28-16-20-10-4-6-13-23(20)32-2)15-19-9-3-5-12-22(19)24(30)29(26)17-18-8-7-11-21(27)14-18/h3-14H,15-17H2,1-2H3,(H,28,31)/t26-/m1/s1. The van der Waals surface area contributed by atoms with Gasteiger partial charge in [-0.15, -0.1) is 0 Å². The van der Waals surface area contributed by atoms with Crippen LogP contribution in [-0.4, -0.2) is 29.4 Å². The van der Waals surface area contributed by atoms with Crippen molar-refractivity contribution in [3.05, 3.63) is 100 Å². The Morgan fingerprint density at radius 1 is 1.09 bits per heavy atom. The van der Waals surface area contributed by atoms with E-state index in [1.165, 1.54) is 0 Å². The predicted molar refractivity (Wildman–Crippen MR) is 125 cm³/mol. The number of benzene rings is 3. The molecule has 3 aromatic carbocycles. The number of nitrogens with zero attached hydrogens (tertiary/aromatic N) is 1. The van der Waals surface area contributed by atoms with Gasteiger partial charge in [-0.2, -0.15) is 0 Å². The summed E-state index contributed by atoms with van der Waals surface area (Å²) >= 11 is 6.17. The molecule has 0 aromatic heterocycles. The predicted octanol–water partition coefficient (Wildman–Crippen LogP) is 4.62. The van der Waals surface area contributed by atoms with Gasteiger partial charge in [0, 0.05) is 35.7 Å². The van der Waals surface area contributed by atoms with Gasteiger partial charge in [-0.3, -0.25) is 9.59 Å². The van der Waals surface area contributed by atoms with Gasteiger partial charge in [-0.25, -0.2) is 0 Å². The molecule has 0 unspecified atom stereocenters. The number of ether oxygens (including phenoxy) is 1. The van der Waals surface area contributed by atoms with Crippen LogP contribution in [0.1, 0.15) is 34.0 Å². The van der Waals surface area contributed by atoms with E-state index in [0.29, 0.717) is 29.3 Å². The second-order valence-electron chi connectivity index (χ2n) is 8.12. The molecule has 0 fully saturated rings. The molecule has 0 saturated carbocycles. The number of nitrogens with one attached hydrogen (secondary N) is 1. The zero-order valence-electron chi connectivity index (χ0n) is 18.1. The fourth-order valence-corrected chi connectivity index (χ4v) is 4.41. The summed E-state index contributed by atoms with van der Waals surface area (Å²) in [5, 5.41) is 3.62. The van der Waals surface area contributed by atoms with Gasteiger partial charge in [-0.05, 0) is 42.3 Å². The van der Waals surface area contributed by atoms with Crippen molar-refractivity contribution in [1.29, 1.82) is 0 Å². The van der Waals surface area contributed by atoms with Crippen molar-refractivity contribution in [2.75, 3.05) is 7.11 Å². The summed E-state index contributed by atoms with van der Waals surface area (Å²) in [5.74, 6) is 0.328. The molecule has 1 heterocycles. The SMILES string of the molecule is COc1ccccc1CNC(=O)[C@@]1(C)Cc2ccccc2C(=O)N1Cc1cccc(Cl)c1. The van der Waals surface area contributed by atoms with Crippen molar-refractivity contribution in [2.24, 2.45) is 0 Å². The molecular formula is C26H25ClN2O3. The zero-order chi connectivity index (χ0) is 22.7. The summed E-state index contributed by atoms with van der Waals surface area (Å²) in [7, 11) is 1.60. The molecule has 4 rings (SSSR count). The average molecular weight is 449 g/mol. The molecule has 164 valence electrons. The van der Waals surface area contributed by atoms with Crippen molar-refractivity contribution in [2.45, 2.75) is 32.0 Å². The summed E-state index contributed by atoms with van der Waals surface area (Å²) in [4.78, 5) is 28.7. The minimum Gasteiger partial charge on any atom is -0.496 e. The van der Waals surface area contributed by atoms with E-state index in [2.05, 4.69) is 5.32 Å². The van der Waals surface area contributed by atoms with Gasteiger partial charge in [0.1, 0.15) is 11.3 Å². The van der Waals surface area contributed by atoms with Crippen LogP contribution >= 0.6 is 11.6 Å². The number of fused-ring (bicyclic) bond motifs is 1. The summed E-state index contributed by atoms with van der Waals surface area (Å²) in [6, 6.07) is 22.4. The second kappa shape index (κ2) is 9.05. The lowest BCUT2D eigenvalue weighted by Crippen LogP contribution is -2.62. The maximum atomic E-state index is 13.5. The number of carbonyl (C=O) groups excluding carboxylic acids is 2. The van der Waals surface area contributed by atoms with E-state index in [-0.39, 0.29) is 18.4 Å². The van der Waals surface area contributed by atoms with Crippen LogP contribution < -0.4 is 10.1 Å². The van der Waals surface area contributed by atoms with Gasteiger partial charge in [0.25, 0.3) is 5.91 Å². The van der Waals surface area contributed by atoms with Crippen LogP contribution in [0.3, 0.4) is 0 Å². The molecule has 1 aliphatic rings. The fraction of sp³-hybridized carbons (Fsp3) is 0.231. The average Bonchev–Trinajstić information content (AvgIpc) is 2.80. The van der Waals surface area contributed by atoms with Crippen molar-refractivity contribution >= 4 is 23.4 Å². The molecule has 1 atom stereocenters. The molecule has 0 radical (unpaired) electrons. The van der Waals surface area contributed by atoms with Crippen molar-refractivity contribution in [1.82, 2.24) is 10.2 Å². The van der Waals surface area contributed by atoms with Crippen LogP contribution in [0.15, 0.2) is 72.8 Å². The molecule has 0 spiro atoms. The van der Waals surface area contributed by atoms with E-state index in [4.69, 9.17) is 16.3 Å². The lowest BCUT2D eigenvalue weighted by Gasteiger charge is -2.44. The van der Waals surface area contributed by atoms with Crippen LogP contribution in [0.2, 0.25) is 5.02 Å². The highest BCUT2D eigenvalue weighted by Gasteiger charge is 2.46. The number of halogens is 1. The molecule has 0 saturated heterocycles. The molecule has 2 amide bonds. The first-order valence-electron chi connectivity index (χ1n) is 10.5. The quantitative estimate of drug-likeness (QED) is 0.598. The number of amides is 2. The van der Waals surface area contributed by atoms with Crippen molar-refractivity contribution in [3.8, 4) is 5.75 Å². The van der Waals surface area contributed by atoms with Crippen LogP contribution in [0.25, 0.3) is 0 Å². The monoisotopic (exact) mass is 448 g/mol. The first-order valence-corrected chi connectivity index (χ1v) is 10.8. The zero-order valence-corrected chi connectivity index (χ0v) is 18.9. The second-order valence-corrected chi connectivity index (χ2v) is 8.56. The number of methoxy groups -OCH3 is 1. The lowest BCUT2D eigenvalue weighted by molar-refractivity contribution is -0.132. The first-order chi connectivity index (χ1) is 15.4. The molecule has 3 aromatic rings. The van der Waals surface area contributed by atoms with Gasteiger partial charge < -0.3 is 15.0 Å². The maximum absolute atomic E-state index is 13.5. The van der Waals surface area contributed by atoms with Crippen LogP contribution in [0.5, 0.6) is 5.75 Å². The minimum atomic E-state index is -1.06. The molecular weight excluding hydrogens is 424 g/mol. The Labute approximate surface area is 193 Å². The van der Waals surface area contributed by atoms with E-state index < -0.39 is 5.54 Å². The van der Waals surface area contributed by atoms with Gasteiger partial charge >= 0.3 is 0 Å². The number of hydrogen-bond acceptors (Lipinski definition) is 3. The number of carbonyl (C=O) groups is 2. The van der Waals surface area contributed by atoms with Crippen molar-refractivity contribution < 1.29 is 14.3 Å². The number of hydrogen-bond donors (Lipinski definition) is 1. The van der Waals surface area contributed by atoms with Gasteiger partial charge in [-0.1, -0.05) is 60.1 Å². The summed E-state index contributed by atoms with van der Waals surface area (Å²) < 4.78 is 5.39. The van der Waals surface area contributed by atoms with E-state index in [0.717, 1.165) is 16.7 Å². The van der Waals surface area contributed by atoms with Crippen LogP contribution in [0, 0.1) is 0 Å². The normalized spacial score (nSPS) is 17.6. The molecule has 1 aliphatic heterocycles. The third-order valence-electron chi connectivity index (χ3n) is 5.97. The minimum absolute atomic E-state index is 0.165. The Balaban J connectivity index is 1.65. The van der Waals surface area contributed by atoms with Gasteiger partial charge in [0.2, 0.25) is 5.91 Å². The van der Waals surface area contributed by atoms with Crippen LogP contribution in [0.4, 0.5) is 0 Å². The summed E-state index contributed by atoms with van der Waals surface area (Å²) in [6.07, 6.45) is 0.424. The highest BCUT2D eigenvalue weighted by molar-refractivity contribution is 6.30. The summed E-state index contributed by atoms with van der Waals surface area (Å²) in [6.45, 7) is 2.41. The van der Waals surface area contributed by atoms with E-state index >= 15 is 0 Å². The van der Waals surface area contributed by atoms with Crippen LogP contribution in [-0.2, 0) is 24.3 Å². The van der Waals surface area contributed by atoms with Gasteiger partial charge in [0.05, 0.1) is 7.11 Å². The molecule has 1 N–H and O–H groups in total. The van der Waals surface area contributed by atoms with E-state index in [1.54, 1.807) is 18.1 Å². The Bertz CT molecular complexity index is 1160. The first kappa shape index (κ1) is 21.9. The highest BCUT2D eigenvalue weighted by Crippen LogP contribution is 2.33. The Hall–Kier alpha value is -3.31. The van der Waals surface area contributed by atoms with E-state index in [9.17, 15) is 9.59 Å². The third-order valence-corrected chi connectivity index (χ3v) is 6.21. The molecule has 32 heavy (non-hydrogen) atoms. The smallest absolute Gasteiger partial charge is 0.255 e. The van der Waals surface area contributed by atoms with Gasteiger partial charge in [0.15, 0.2) is 0 Å². The topological polar surface area (TPSA) is 58.6 Å². The lowest BCUT2D eigenvalue weighted by atomic mass is 9.82. The molecule has 0 bridgehead atoms. The maximum Gasteiger partial charge on any atom is 0.255 e. The Morgan fingerprint density at radius 3 is 2.62 bits per heavy atom. The molecule has 0 aliphatic carbocycles.